The normalized spacial score (nSPS) is 12.8. The minimum atomic E-state index is 0. The van der Waals surface area contributed by atoms with E-state index in [4.69, 9.17) is 0 Å². The van der Waals surface area contributed by atoms with Crippen LogP contribution in [-0.2, 0) is 5.41 Å². The number of rotatable bonds is 1. The molecule has 0 spiro atoms. The topological polar surface area (TPSA) is 0 Å². The summed E-state index contributed by atoms with van der Waals surface area (Å²) in [5, 5.41) is 0. The Kier molecular flexibility index (Phi) is 5.79. The molecule has 24 heavy (non-hydrogen) atoms. The largest absolute Gasteiger partial charge is 0.0776 e. The maximum absolute atomic E-state index is 2.37. The zero-order valence-electron chi connectivity index (χ0n) is 12.4. The van der Waals surface area contributed by atoms with E-state index in [1.54, 1.807) is 0 Å². The summed E-state index contributed by atoms with van der Waals surface area (Å²) in [4.78, 5) is 0. The van der Waals surface area contributed by atoms with Gasteiger partial charge in [0.05, 0.1) is 0 Å². The van der Waals surface area contributed by atoms with E-state index in [9.17, 15) is 0 Å². The third-order valence-corrected chi connectivity index (χ3v) is 4.69. The standard InChI is InChI=1S/C21H18.3CH4/c1-21(2)19-11-7-6-10-17(19)18-13-12-16(14-20(18)21)15-8-4-3-5-9-15;;;/h3-14H,1-2H3;3*1H4. The van der Waals surface area contributed by atoms with Gasteiger partial charge in [0, 0.05) is 5.41 Å². The summed E-state index contributed by atoms with van der Waals surface area (Å²) in [6.45, 7) is 4.65. The smallest absolute Gasteiger partial charge is 0.0159 e. The molecular weight excluding hydrogens is 288 g/mol. The third kappa shape index (κ3) is 2.78. The molecule has 0 N–H and O–H groups in total. The Hall–Kier alpha value is -2.34. The van der Waals surface area contributed by atoms with Crippen molar-refractivity contribution >= 4 is 0 Å². The minimum absolute atomic E-state index is 0. The van der Waals surface area contributed by atoms with E-state index >= 15 is 0 Å². The lowest BCUT2D eigenvalue weighted by Crippen LogP contribution is -2.14. The van der Waals surface area contributed by atoms with E-state index in [2.05, 4.69) is 86.6 Å². The van der Waals surface area contributed by atoms with Gasteiger partial charge in [0.2, 0.25) is 0 Å². The molecule has 0 radical (unpaired) electrons. The van der Waals surface area contributed by atoms with Gasteiger partial charge in [-0.3, -0.25) is 0 Å². The van der Waals surface area contributed by atoms with Crippen molar-refractivity contribution in [2.45, 2.75) is 41.5 Å². The van der Waals surface area contributed by atoms with E-state index in [1.807, 2.05) is 0 Å². The molecule has 3 aromatic carbocycles. The quantitative estimate of drug-likeness (QED) is 0.434. The van der Waals surface area contributed by atoms with Crippen LogP contribution in [0.25, 0.3) is 22.3 Å². The second-order valence-electron chi connectivity index (χ2n) is 6.30. The minimum Gasteiger partial charge on any atom is -0.0776 e. The van der Waals surface area contributed by atoms with Crippen molar-refractivity contribution in [1.82, 2.24) is 0 Å². The highest BCUT2D eigenvalue weighted by Gasteiger charge is 2.35. The Labute approximate surface area is 148 Å². The fraction of sp³-hybridized carbons (Fsp3) is 0.250. The Bertz CT molecular complexity index is 810. The molecule has 0 heteroatoms. The van der Waals surface area contributed by atoms with Gasteiger partial charge in [-0.15, -0.1) is 0 Å². The van der Waals surface area contributed by atoms with Gasteiger partial charge in [-0.2, -0.15) is 0 Å². The van der Waals surface area contributed by atoms with Gasteiger partial charge < -0.3 is 0 Å². The molecule has 0 aliphatic heterocycles. The van der Waals surface area contributed by atoms with Crippen LogP contribution in [0.5, 0.6) is 0 Å². The SMILES string of the molecule is C.C.C.CC1(C)c2ccccc2-c2ccc(-c3ccccc3)cc21. The summed E-state index contributed by atoms with van der Waals surface area (Å²) < 4.78 is 0. The second-order valence-corrected chi connectivity index (χ2v) is 6.30. The molecule has 3 aromatic rings. The summed E-state index contributed by atoms with van der Waals surface area (Å²) in [6.07, 6.45) is 0. The van der Waals surface area contributed by atoms with E-state index in [-0.39, 0.29) is 27.7 Å². The van der Waals surface area contributed by atoms with Crippen LogP contribution in [0.1, 0.15) is 47.3 Å². The molecule has 126 valence electrons. The van der Waals surface area contributed by atoms with Crippen LogP contribution >= 0.6 is 0 Å². The lowest BCUT2D eigenvalue weighted by atomic mass is 9.81. The zero-order chi connectivity index (χ0) is 14.4. The highest BCUT2D eigenvalue weighted by atomic mass is 14.4. The highest BCUT2D eigenvalue weighted by Crippen LogP contribution is 2.49. The first-order valence-electron chi connectivity index (χ1n) is 7.48. The second kappa shape index (κ2) is 7.05. The summed E-state index contributed by atoms with van der Waals surface area (Å²) in [5.74, 6) is 0. The van der Waals surface area contributed by atoms with Crippen LogP contribution in [0.15, 0.2) is 72.8 Å². The van der Waals surface area contributed by atoms with Crippen LogP contribution in [0.2, 0.25) is 0 Å². The number of hydrogen-bond acceptors (Lipinski definition) is 0. The van der Waals surface area contributed by atoms with Crippen molar-refractivity contribution in [3.05, 3.63) is 83.9 Å². The van der Waals surface area contributed by atoms with Gasteiger partial charge in [-0.25, -0.2) is 0 Å². The summed E-state index contributed by atoms with van der Waals surface area (Å²) in [7, 11) is 0. The van der Waals surface area contributed by atoms with E-state index in [1.165, 1.54) is 33.4 Å². The predicted octanol–water partition coefficient (Wildman–Crippen LogP) is 7.57. The Morgan fingerprint density at radius 2 is 1.12 bits per heavy atom. The third-order valence-electron chi connectivity index (χ3n) is 4.69. The molecule has 0 saturated heterocycles. The van der Waals surface area contributed by atoms with Gasteiger partial charge in [-0.1, -0.05) is 103 Å². The maximum Gasteiger partial charge on any atom is 0.0159 e. The van der Waals surface area contributed by atoms with Gasteiger partial charge in [-0.05, 0) is 39.4 Å². The molecule has 0 heterocycles. The fourth-order valence-corrected chi connectivity index (χ4v) is 3.51. The van der Waals surface area contributed by atoms with E-state index < -0.39 is 0 Å². The molecule has 4 rings (SSSR count). The van der Waals surface area contributed by atoms with Crippen LogP contribution in [0.3, 0.4) is 0 Å². The van der Waals surface area contributed by atoms with E-state index in [0.29, 0.717) is 0 Å². The highest BCUT2D eigenvalue weighted by molar-refractivity contribution is 5.83. The van der Waals surface area contributed by atoms with Crippen LogP contribution < -0.4 is 0 Å². The number of hydrogen-bond donors (Lipinski definition) is 0. The first-order valence-corrected chi connectivity index (χ1v) is 7.48. The van der Waals surface area contributed by atoms with Crippen molar-refractivity contribution in [2.75, 3.05) is 0 Å². The molecule has 0 atom stereocenters. The molecule has 0 bridgehead atoms. The van der Waals surface area contributed by atoms with Crippen molar-refractivity contribution in [1.29, 1.82) is 0 Å². The van der Waals surface area contributed by atoms with Crippen molar-refractivity contribution in [3.63, 3.8) is 0 Å². The summed E-state index contributed by atoms with van der Waals surface area (Å²) in [5.41, 5.74) is 8.31. The molecule has 0 saturated carbocycles. The molecule has 1 aliphatic carbocycles. The fourth-order valence-electron chi connectivity index (χ4n) is 3.51. The number of fused-ring (bicyclic) bond motifs is 3. The molecule has 0 nitrogen and oxygen atoms in total. The average molecular weight is 319 g/mol. The molecule has 0 amide bonds. The van der Waals surface area contributed by atoms with Crippen molar-refractivity contribution < 1.29 is 0 Å². The first kappa shape index (κ1) is 19.7. The van der Waals surface area contributed by atoms with Crippen molar-refractivity contribution in [3.8, 4) is 22.3 Å². The van der Waals surface area contributed by atoms with Gasteiger partial charge in [0.1, 0.15) is 0 Å². The monoisotopic (exact) mass is 318 g/mol. The maximum atomic E-state index is 2.37. The van der Waals surface area contributed by atoms with Crippen LogP contribution in [-0.4, -0.2) is 0 Å². The van der Waals surface area contributed by atoms with Gasteiger partial charge in [0.25, 0.3) is 0 Å². The molecular formula is C24H30. The van der Waals surface area contributed by atoms with Gasteiger partial charge >= 0.3 is 0 Å². The lowest BCUT2D eigenvalue weighted by Gasteiger charge is -2.22. The lowest BCUT2D eigenvalue weighted by molar-refractivity contribution is 0.660. The first-order chi connectivity index (χ1) is 10.2. The summed E-state index contributed by atoms with van der Waals surface area (Å²) >= 11 is 0. The predicted molar refractivity (Wildman–Crippen MR) is 110 cm³/mol. The molecule has 0 aromatic heterocycles. The summed E-state index contributed by atoms with van der Waals surface area (Å²) in [6, 6.07) is 26.3. The van der Waals surface area contributed by atoms with Crippen molar-refractivity contribution in [2.24, 2.45) is 0 Å². The van der Waals surface area contributed by atoms with Crippen LogP contribution in [0, 0.1) is 0 Å². The molecule has 1 aliphatic rings. The number of benzene rings is 3. The average Bonchev–Trinajstić information content (AvgIpc) is 2.77. The zero-order valence-corrected chi connectivity index (χ0v) is 12.4. The van der Waals surface area contributed by atoms with Gasteiger partial charge in [0.15, 0.2) is 0 Å². The Morgan fingerprint density at radius 1 is 0.542 bits per heavy atom. The molecule has 0 unspecified atom stereocenters. The van der Waals surface area contributed by atoms with Crippen LogP contribution in [0.4, 0.5) is 0 Å². The molecule has 0 fully saturated rings. The Balaban J connectivity index is 0.000000960. The van der Waals surface area contributed by atoms with E-state index in [0.717, 1.165) is 0 Å². The Morgan fingerprint density at radius 3 is 1.83 bits per heavy atom.